The summed E-state index contributed by atoms with van der Waals surface area (Å²) in [5.41, 5.74) is 6.19. The van der Waals surface area contributed by atoms with Gasteiger partial charge in [0.25, 0.3) is 0 Å². The second kappa shape index (κ2) is 3.25. The van der Waals surface area contributed by atoms with Crippen molar-refractivity contribution in [2.45, 2.75) is 6.42 Å². The van der Waals surface area contributed by atoms with Gasteiger partial charge in [-0.25, -0.2) is 0 Å². The summed E-state index contributed by atoms with van der Waals surface area (Å²) < 4.78 is 21.9. The lowest BCUT2D eigenvalue weighted by molar-refractivity contribution is 0.969. The van der Waals surface area contributed by atoms with Crippen LogP contribution in [0.4, 0.5) is 0 Å². The van der Waals surface area contributed by atoms with Gasteiger partial charge in [-0.2, -0.15) is 0 Å². The number of benzene rings is 1. The Hall–Kier alpha value is -0.820. The SMILES string of the molecule is [2H]c1cc(CCN)cc([2H])c1[2H]. The van der Waals surface area contributed by atoms with Gasteiger partial charge in [-0.15, -0.1) is 0 Å². The quantitative estimate of drug-likeness (QED) is 0.629. The molecular formula is C8H11N. The molecule has 0 amide bonds. The molecule has 1 rings (SSSR count). The third kappa shape index (κ3) is 1.86. The maximum absolute atomic E-state index is 7.33. The first kappa shape index (κ1) is 3.37. The Morgan fingerprint density at radius 3 is 2.56 bits per heavy atom. The Kier molecular flexibility index (Phi) is 1.22. The van der Waals surface area contributed by atoms with Gasteiger partial charge < -0.3 is 5.73 Å². The van der Waals surface area contributed by atoms with E-state index in [4.69, 9.17) is 9.85 Å². The fraction of sp³-hybridized carbons (Fsp3) is 0.250. The summed E-state index contributed by atoms with van der Waals surface area (Å²) >= 11 is 0. The molecule has 0 unspecified atom stereocenters. The van der Waals surface area contributed by atoms with E-state index in [1.54, 1.807) is 12.1 Å². The van der Waals surface area contributed by atoms with Crippen LogP contribution in [0.1, 0.15) is 9.68 Å². The largest absolute Gasteiger partial charge is 0.330 e. The molecular weight excluding hydrogens is 110 g/mol. The molecule has 0 aromatic heterocycles. The minimum absolute atomic E-state index is 0.0178. The van der Waals surface area contributed by atoms with E-state index in [1.165, 1.54) is 0 Å². The number of hydrogen-bond donors (Lipinski definition) is 1. The second-order valence-electron chi connectivity index (χ2n) is 1.82. The molecule has 1 aromatic carbocycles. The van der Waals surface area contributed by atoms with Crippen molar-refractivity contribution >= 4 is 0 Å². The average Bonchev–Trinajstić information content (AvgIpc) is 2.01. The molecule has 1 aromatic rings. The molecule has 0 saturated carbocycles. The summed E-state index contributed by atoms with van der Waals surface area (Å²) in [7, 11) is 0. The van der Waals surface area contributed by atoms with Gasteiger partial charge in [-0.1, -0.05) is 30.3 Å². The molecule has 9 heavy (non-hydrogen) atoms. The highest BCUT2D eigenvalue weighted by Gasteiger charge is 1.84. The van der Waals surface area contributed by atoms with E-state index >= 15 is 0 Å². The van der Waals surface area contributed by atoms with Crippen molar-refractivity contribution < 1.29 is 4.11 Å². The van der Waals surface area contributed by atoms with Gasteiger partial charge in [0.15, 0.2) is 0 Å². The van der Waals surface area contributed by atoms with Gasteiger partial charge in [-0.3, -0.25) is 0 Å². The molecule has 0 fully saturated rings. The topological polar surface area (TPSA) is 26.0 Å². The van der Waals surface area contributed by atoms with Crippen LogP contribution in [0.5, 0.6) is 0 Å². The van der Waals surface area contributed by atoms with Crippen molar-refractivity contribution in [2.24, 2.45) is 5.73 Å². The molecule has 0 heterocycles. The van der Waals surface area contributed by atoms with Crippen molar-refractivity contribution in [3.8, 4) is 0 Å². The Morgan fingerprint density at radius 2 is 2.00 bits per heavy atom. The van der Waals surface area contributed by atoms with Crippen LogP contribution in [-0.2, 0) is 6.42 Å². The van der Waals surface area contributed by atoms with E-state index < -0.39 is 0 Å². The van der Waals surface area contributed by atoms with Gasteiger partial charge in [0.2, 0.25) is 0 Å². The molecule has 0 spiro atoms. The summed E-state index contributed by atoms with van der Waals surface area (Å²) in [4.78, 5) is 0. The summed E-state index contributed by atoms with van der Waals surface area (Å²) in [5.74, 6) is 0. The van der Waals surface area contributed by atoms with Crippen molar-refractivity contribution in [3.63, 3.8) is 0 Å². The predicted octanol–water partition coefficient (Wildman–Crippen LogP) is 1.19. The molecule has 1 nitrogen and oxygen atoms in total. The molecule has 0 aliphatic heterocycles. The lowest BCUT2D eigenvalue weighted by Crippen LogP contribution is -2.01. The first-order valence-electron chi connectivity index (χ1n) is 4.42. The van der Waals surface area contributed by atoms with Crippen molar-refractivity contribution in [2.75, 3.05) is 6.54 Å². The standard InChI is InChI=1S/C8H11N/c9-7-6-8-4-2-1-3-5-8/h1-5H,6-7,9H2/i1D,2D,3D. The van der Waals surface area contributed by atoms with Crippen LogP contribution in [-0.4, -0.2) is 6.54 Å². The average molecular weight is 124 g/mol. The summed E-state index contributed by atoms with van der Waals surface area (Å²) in [6, 6.07) is 3.37. The van der Waals surface area contributed by atoms with Gasteiger partial charge in [0.05, 0.1) is 4.11 Å². The van der Waals surface area contributed by atoms with Crippen LogP contribution in [0.15, 0.2) is 30.3 Å². The fourth-order valence-corrected chi connectivity index (χ4v) is 0.652. The van der Waals surface area contributed by atoms with Crippen molar-refractivity contribution in [3.05, 3.63) is 35.8 Å². The van der Waals surface area contributed by atoms with Crippen molar-refractivity contribution in [1.29, 1.82) is 0 Å². The molecule has 0 saturated heterocycles. The van der Waals surface area contributed by atoms with Crippen LogP contribution >= 0.6 is 0 Å². The number of hydrogen-bond acceptors (Lipinski definition) is 1. The molecule has 48 valence electrons. The third-order valence-corrected chi connectivity index (χ3v) is 1.09. The lowest BCUT2D eigenvalue weighted by atomic mass is 10.2. The summed E-state index contributed by atoms with van der Waals surface area (Å²) in [6.07, 6.45) is 0.665. The van der Waals surface area contributed by atoms with E-state index in [1.807, 2.05) is 0 Å². The zero-order valence-corrected chi connectivity index (χ0v) is 5.15. The van der Waals surface area contributed by atoms with Crippen molar-refractivity contribution in [1.82, 2.24) is 0 Å². The molecule has 0 atom stereocenters. The van der Waals surface area contributed by atoms with E-state index in [0.29, 0.717) is 13.0 Å². The first-order valence-corrected chi connectivity index (χ1v) is 2.92. The van der Waals surface area contributed by atoms with Crippen LogP contribution in [0, 0.1) is 0 Å². The van der Waals surface area contributed by atoms with Crippen LogP contribution in [0.2, 0.25) is 0 Å². The molecule has 0 aliphatic carbocycles. The Bertz CT molecular complexity index is 263. The number of nitrogens with two attached hydrogens (primary N) is 1. The normalized spacial score (nSPS) is 14.1. The van der Waals surface area contributed by atoms with Gasteiger partial charge in [0, 0.05) is 0 Å². The molecule has 0 radical (unpaired) electrons. The number of rotatable bonds is 2. The lowest BCUT2D eigenvalue weighted by Gasteiger charge is -1.93. The fourth-order valence-electron chi connectivity index (χ4n) is 0.652. The Balaban J connectivity index is 3.04. The molecule has 2 N–H and O–H groups in total. The highest BCUT2D eigenvalue weighted by molar-refractivity contribution is 5.14. The minimum Gasteiger partial charge on any atom is -0.330 e. The Labute approximate surface area is 59.7 Å². The predicted molar refractivity (Wildman–Crippen MR) is 39.2 cm³/mol. The molecule has 0 aliphatic rings. The highest BCUT2D eigenvalue weighted by atomic mass is 14.5. The highest BCUT2D eigenvalue weighted by Crippen LogP contribution is 1.96. The van der Waals surface area contributed by atoms with Gasteiger partial charge in [-0.05, 0) is 18.5 Å². The van der Waals surface area contributed by atoms with Crippen LogP contribution in [0.25, 0.3) is 0 Å². The van der Waals surface area contributed by atoms with E-state index in [9.17, 15) is 0 Å². The van der Waals surface area contributed by atoms with E-state index in [2.05, 4.69) is 0 Å². The third-order valence-electron chi connectivity index (χ3n) is 1.09. The monoisotopic (exact) mass is 124 g/mol. The van der Waals surface area contributed by atoms with Gasteiger partial charge >= 0.3 is 0 Å². The van der Waals surface area contributed by atoms with E-state index in [0.717, 1.165) is 5.56 Å². The zero-order chi connectivity index (χ0) is 9.14. The molecule has 1 heteroatoms. The Morgan fingerprint density at radius 1 is 1.33 bits per heavy atom. The second-order valence-corrected chi connectivity index (χ2v) is 1.82. The molecule has 0 bridgehead atoms. The van der Waals surface area contributed by atoms with Crippen LogP contribution in [0.3, 0.4) is 0 Å². The smallest absolute Gasteiger partial charge is 0.0623 e. The van der Waals surface area contributed by atoms with Gasteiger partial charge in [0.1, 0.15) is 0 Å². The minimum atomic E-state index is -0.0178. The maximum Gasteiger partial charge on any atom is 0.0623 e. The summed E-state index contributed by atoms with van der Waals surface area (Å²) in [6.45, 7) is 0.510. The van der Waals surface area contributed by atoms with Crippen LogP contribution < -0.4 is 5.73 Å². The zero-order valence-electron chi connectivity index (χ0n) is 8.15. The van der Waals surface area contributed by atoms with E-state index in [-0.39, 0.29) is 18.1 Å². The summed E-state index contributed by atoms with van der Waals surface area (Å²) in [5, 5.41) is 0. The maximum atomic E-state index is 7.33. The first-order chi connectivity index (χ1) is 5.65.